The van der Waals surface area contributed by atoms with E-state index in [2.05, 4.69) is 15.1 Å². The Hall–Kier alpha value is -3.11. The monoisotopic (exact) mass is 538 g/mol. The molecule has 1 aliphatic heterocycles. The maximum absolute atomic E-state index is 13.2. The molecule has 0 spiro atoms. The molecule has 12 heteroatoms. The maximum Gasteiger partial charge on any atom is 0.410 e. The van der Waals surface area contributed by atoms with Crippen LogP contribution in [-0.2, 0) is 24.4 Å². The van der Waals surface area contributed by atoms with E-state index >= 15 is 0 Å². The van der Waals surface area contributed by atoms with Crippen molar-refractivity contribution < 1.29 is 18.7 Å². The average Bonchev–Trinajstić information content (AvgIpc) is 3.39. The maximum atomic E-state index is 13.2. The summed E-state index contributed by atoms with van der Waals surface area (Å²) in [5.41, 5.74) is 7.53. The number of aromatic nitrogens is 4. The molecule has 0 atom stereocenters. The van der Waals surface area contributed by atoms with E-state index < -0.39 is 17.5 Å². The lowest BCUT2D eigenvalue weighted by molar-refractivity contribution is 0.0241. The Bertz CT molecular complexity index is 1250. The molecule has 0 saturated carbocycles. The summed E-state index contributed by atoms with van der Waals surface area (Å²) in [5.74, 6) is -0.0435. The summed E-state index contributed by atoms with van der Waals surface area (Å²) in [6.07, 6.45) is 1.91. The van der Waals surface area contributed by atoms with E-state index in [4.69, 9.17) is 38.4 Å². The largest absolute Gasteiger partial charge is 0.491 e. The third kappa shape index (κ3) is 6.55. The summed E-state index contributed by atoms with van der Waals surface area (Å²) in [5, 5.41) is 4.55. The molecule has 0 aliphatic carbocycles. The van der Waals surface area contributed by atoms with Crippen molar-refractivity contribution in [2.75, 3.05) is 12.3 Å². The van der Waals surface area contributed by atoms with Gasteiger partial charge in [0.2, 0.25) is 5.95 Å². The van der Waals surface area contributed by atoms with Gasteiger partial charge >= 0.3 is 6.09 Å². The molecule has 0 radical (unpaired) electrons. The van der Waals surface area contributed by atoms with Crippen LogP contribution in [-0.4, -0.2) is 42.9 Å². The van der Waals surface area contributed by atoms with Gasteiger partial charge in [-0.15, -0.1) is 0 Å². The third-order valence-electron chi connectivity index (χ3n) is 4.89. The van der Waals surface area contributed by atoms with E-state index in [1.54, 1.807) is 32.9 Å². The molecule has 1 amide bonds. The Kier molecular flexibility index (Phi) is 8.63. The van der Waals surface area contributed by atoms with Crippen LogP contribution in [0.5, 0.6) is 5.75 Å². The van der Waals surface area contributed by atoms with E-state index in [0.717, 1.165) is 6.20 Å². The van der Waals surface area contributed by atoms with E-state index in [1.165, 1.54) is 15.8 Å². The summed E-state index contributed by atoms with van der Waals surface area (Å²) < 4.78 is 26.0. The number of rotatable bonds is 5. The molecule has 3 heterocycles. The van der Waals surface area contributed by atoms with Gasteiger partial charge in [0.05, 0.1) is 54.0 Å². The van der Waals surface area contributed by atoms with Crippen molar-refractivity contribution >= 4 is 35.2 Å². The Labute approximate surface area is 219 Å². The summed E-state index contributed by atoms with van der Waals surface area (Å²) in [6.45, 7) is 10.3. The Morgan fingerprint density at radius 2 is 1.92 bits per heavy atom. The number of hydrogen-bond acceptors (Lipinski definition) is 7. The van der Waals surface area contributed by atoms with Gasteiger partial charge in [-0.05, 0) is 32.9 Å². The van der Waals surface area contributed by atoms with Gasteiger partial charge in [-0.25, -0.2) is 19.2 Å². The van der Waals surface area contributed by atoms with Gasteiger partial charge in [0.25, 0.3) is 0 Å². The van der Waals surface area contributed by atoms with Gasteiger partial charge in [-0.1, -0.05) is 37.0 Å². The molecule has 4 rings (SSSR count). The predicted octanol–water partition coefficient (Wildman–Crippen LogP) is 5.72. The fourth-order valence-corrected chi connectivity index (χ4v) is 4.10. The first-order valence-corrected chi connectivity index (χ1v) is 12.2. The highest BCUT2D eigenvalue weighted by atomic mass is 35.5. The third-order valence-corrected chi connectivity index (χ3v) is 5.40. The number of ether oxygens (including phenoxy) is 2. The SMILES string of the molecule is CC.CC(C)(C)OC(=O)N1Cc2nc(N)nc(-c3c(Cl)cc(Cl)cc3OCCn3cc(F)cn3)c2C1. The fourth-order valence-electron chi connectivity index (χ4n) is 3.54. The lowest BCUT2D eigenvalue weighted by Crippen LogP contribution is -2.33. The molecule has 36 heavy (non-hydrogen) atoms. The van der Waals surface area contributed by atoms with Crippen molar-refractivity contribution in [3.63, 3.8) is 0 Å². The number of fused-ring (bicyclic) bond motifs is 1. The van der Waals surface area contributed by atoms with Crippen LogP contribution in [0, 0.1) is 5.82 Å². The zero-order chi connectivity index (χ0) is 26.6. The number of benzene rings is 1. The number of carbonyl (C=O) groups excluding carboxylic acids is 1. The topological polar surface area (TPSA) is 108 Å². The average molecular weight is 539 g/mol. The number of halogens is 3. The van der Waals surface area contributed by atoms with E-state index in [9.17, 15) is 9.18 Å². The van der Waals surface area contributed by atoms with Gasteiger partial charge in [0.15, 0.2) is 5.82 Å². The van der Waals surface area contributed by atoms with Crippen LogP contribution in [0.25, 0.3) is 11.3 Å². The molecule has 0 bridgehead atoms. The highest BCUT2D eigenvalue weighted by Gasteiger charge is 2.33. The number of anilines is 1. The van der Waals surface area contributed by atoms with Crippen LogP contribution >= 0.6 is 23.2 Å². The first-order valence-electron chi connectivity index (χ1n) is 11.4. The molecule has 9 nitrogen and oxygen atoms in total. The second kappa shape index (κ2) is 11.3. The Morgan fingerprint density at radius 3 is 2.56 bits per heavy atom. The second-order valence-electron chi connectivity index (χ2n) is 8.72. The van der Waals surface area contributed by atoms with Gasteiger partial charge in [0.1, 0.15) is 18.0 Å². The Morgan fingerprint density at radius 1 is 1.19 bits per heavy atom. The summed E-state index contributed by atoms with van der Waals surface area (Å²) in [7, 11) is 0. The van der Waals surface area contributed by atoms with E-state index in [1.807, 2.05) is 13.8 Å². The number of nitrogen functional groups attached to an aromatic ring is 1. The number of carbonyl (C=O) groups is 1. The quantitative estimate of drug-likeness (QED) is 0.442. The Balaban J connectivity index is 0.00000176. The van der Waals surface area contributed by atoms with Gasteiger partial charge in [-0.3, -0.25) is 9.58 Å². The molecule has 1 aromatic carbocycles. The van der Waals surface area contributed by atoms with Gasteiger partial charge in [-0.2, -0.15) is 5.10 Å². The van der Waals surface area contributed by atoms with Gasteiger partial charge < -0.3 is 15.2 Å². The van der Waals surface area contributed by atoms with Crippen molar-refractivity contribution in [3.05, 3.63) is 51.6 Å². The molecule has 2 N–H and O–H groups in total. The fraction of sp³-hybridized carbons (Fsp3) is 0.417. The molecular weight excluding hydrogens is 510 g/mol. The molecule has 194 valence electrons. The van der Waals surface area contributed by atoms with Crippen molar-refractivity contribution in [2.45, 2.75) is 59.9 Å². The van der Waals surface area contributed by atoms with Crippen LogP contribution < -0.4 is 10.5 Å². The highest BCUT2D eigenvalue weighted by molar-refractivity contribution is 6.37. The minimum atomic E-state index is -0.641. The van der Waals surface area contributed by atoms with Crippen molar-refractivity contribution in [3.8, 4) is 17.0 Å². The van der Waals surface area contributed by atoms with Crippen molar-refractivity contribution in [2.24, 2.45) is 0 Å². The first kappa shape index (κ1) is 27.5. The standard InChI is InChI=1S/C22H23Cl2FN6O3.C2H6/c1-22(2,3)34-21(32)30-10-14-16(11-30)28-20(26)29-19(14)18-15(24)6-12(23)7-17(18)33-5-4-31-9-13(25)8-27-31;1-2/h6-9H,4-5,10-11H2,1-3H3,(H2,26,28,29);1-2H3. The normalized spacial score (nSPS) is 12.6. The van der Waals surface area contributed by atoms with E-state index in [0.29, 0.717) is 44.9 Å². The zero-order valence-electron chi connectivity index (χ0n) is 20.8. The lowest BCUT2D eigenvalue weighted by atomic mass is 10.0. The minimum Gasteiger partial charge on any atom is -0.491 e. The number of nitrogens with two attached hydrogens (primary N) is 1. The predicted molar refractivity (Wildman–Crippen MR) is 136 cm³/mol. The molecule has 3 aromatic rings. The smallest absolute Gasteiger partial charge is 0.410 e. The van der Waals surface area contributed by atoms with Crippen LogP contribution in [0.2, 0.25) is 10.0 Å². The second-order valence-corrected chi connectivity index (χ2v) is 9.57. The van der Waals surface area contributed by atoms with Crippen LogP contribution in [0.4, 0.5) is 15.1 Å². The zero-order valence-corrected chi connectivity index (χ0v) is 22.3. The number of nitrogens with zero attached hydrogens (tertiary/aromatic N) is 5. The molecule has 2 aromatic heterocycles. The molecule has 0 unspecified atom stereocenters. The molecule has 0 saturated heterocycles. The number of hydrogen-bond donors (Lipinski definition) is 1. The van der Waals surface area contributed by atoms with Crippen molar-refractivity contribution in [1.29, 1.82) is 0 Å². The van der Waals surface area contributed by atoms with E-state index in [-0.39, 0.29) is 25.6 Å². The van der Waals surface area contributed by atoms with Gasteiger partial charge in [0, 0.05) is 10.6 Å². The highest BCUT2D eigenvalue weighted by Crippen LogP contribution is 2.42. The molecule has 1 aliphatic rings. The van der Waals surface area contributed by atoms with Crippen molar-refractivity contribution in [1.82, 2.24) is 24.6 Å². The summed E-state index contributed by atoms with van der Waals surface area (Å²) >= 11 is 12.8. The summed E-state index contributed by atoms with van der Waals surface area (Å²) in [4.78, 5) is 22.9. The summed E-state index contributed by atoms with van der Waals surface area (Å²) in [6, 6.07) is 3.18. The van der Waals surface area contributed by atoms with Crippen LogP contribution in [0.1, 0.15) is 45.9 Å². The minimum absolute atomic E-state index is 0.0313. The van der Waals surface area contributed by atoms with Crippen LogP contribution in [0.15, 0.2) is 24.5 Å². The molecule has 0 fully saturated rings. The molecular formula is C24H29Cl2FN6O3. The van der Waals surface area contributed by atoms with Crippen LogP contribution in [0.3, 0.4) is 0 Å². The first-order chi connectivity index (χ1) is 17.0. The lowest BCUT2D eigenvalue weighted by Gasteiger charge is -2.24. The number of amides is 1.